The molecule has 1 aromatic rings. The van der Waals surface area contributed by atoms with E-state index >= 15 is 0 Å². The fourth-order valence-electron chi connectivity index (χ4n) is 8.62. The topological polar surface area (TPSA) is 63.2 Å². The summed E-state index contributed by atoms with van der Waals surface area (Å²) in [6.07, 6.45) is 5.31. The van der Waals surface area contributed by atoms with E-state index in [0.717, 1.165) is 32.1 Å². The SMILES string of the molecule is CC1(C)O[C@@H]2[C@H](O1)[C@@H](c1ccc3c(c1)CC[C@@H]1[C@@H]3CC[C@]3(C)C(=O)CC[C@@H]13)O[C@@H]2[C@H]1COC(C)(C)O1. The standard InChI is InChI=1S/C30H40O6/c1-28(2)32-15-22(34-28)25-27-26(35-29(3,4)36-27)24(33-25)17-7-8-18-16(14-17)6-9-20-19(18)12-13-30(5)21(20)10-11-23(30)31/h7-8,14,19-22,24-27H,6,9-13,15H2,1-5H3/t19-,20-,21+,22-,24-,25-,26-,27+,30+/m1/s1. The van der Waals surface area contributed by atoms with Crippen LogP contribution in [0.15, 0.2) is 18.2 Å². The van der Waals surface area contributed by atoms with Gasteiger partial charge in [0.15, 0.2) is 11.6 Å². The monoisotopic (exact) mass is 496 g/mol. The predicted octanol–water partition coefficient (Wildman–Crippen LogP) is 5.22. The summed E-state index contributed by atoms with van der Waals surface area (Å²) < 4.78 is 31.5. The van der Waals surface area contributed by atoms with Crippen molar-refractivity contribution in [3.63, 3.8) is 0 Å². The fourth-order valence-corrected chi connectivity index (χ4v) is 8.62. The summed E-state index contributed by atoms with van der Waals surface area (Å²) in [6.45, 7) is 10.6. The molecule has 9 atom stereocenters. The predicted molar refractivity (Wildman–Crippen MR) is 132 cm³/mol. The number of benzene rings is 1. The van der Waals surface area contributed by atoms with E-state index in [2.05, 4.69) is 25.1 Å². The third-order valence-corrected chi connectivity index (χ3v) is 10.3. The Balaban J connectivity index is 1.16. The number of hydrogen-bond donors (Lipinski definition) is 0. The summed E-state index contributed by atoms with van der Waals surface area (Å²) in [4.78, 5) is 12.7. The van der Waals surface area contributed by atoms with Crippen molar-refractivity contribution in [3.8, 4) is 0 Å². The van der Waals surface area contributed by atoms with E-state index in [9.17, 15) is 4.79 Å². The molecule has 36 heavy (non-hydrogen) atoms. The van der Waals surface area contributed by atoms with Crippen LogP contribution in [-0.2, 0) is 34.9 Å². The molecule has 3 aliphatic heterocycles. The maximum Gasteiger partial charge on any atom is 0.164 e. The van der Waals surface area contributed by atoms with Crippen LogP contribution in [0, 0.1) is 17.3 Å². The molecule has 0 N–H and O–H groups in total. The summed E-state index contributed by atoms with van der Waals surface area (Å²) in [6, 6.07) is 6.98. The molecule has 5 fully saturated rings. The lowest BCUT2D eigenvalue weighted by Crippen LogP contribution is -2.42. The first kappa shape index (κ1) is 23.8. The first-order chi connectivity index (χ1) is 17.0. The minimum absolute atomic E-state index is 0.0759. The highest BCUT2D eigenvalue weighted by Gasteiger charge is 2.59. The summed E-state index contributed by atoms with van der Waals surface area (Å²) in [5.41, 5.74) is 4.04. The van der Waals surface area contributed by atoms with Gasteiger partial charge in [0.25, 0.3) is 0 Å². The highest BCUT2D eigenvalue weighted by Crippen LogP contribution is 2.60. The van der Waals surface area contributed by atoms with Crippen LogP contribution >= 0.6 is 0 Å². The number of hydrogen-bond acceptors (Lipinski definition) is 6. The average molecular weight is 497 g/mol. The van der Waals surface area contributed by atoms with Gasteiger partial charge in [-0.25, -0.2) is 0 Å². The first-order valence-electron chi connectivity index (χ1n) is 14.0. The summed E-state index contributed by atoms with van der Waals surface area (Å²) in [5, 5.41) is 0. The van der Waals surface area contributed by atoms with Gasteiger partial charge in [0.2, 0.25) is 0 Å². The van der Waals surface area contributed by atoms with Crippen LogP contribution in [0.25, 0.3) is 0 Å². The van der Waals surface area contributed by atoms with Gasteiger partial charge in [0.05, 0.1) is 6.61 Å². The molecule has 6 heteroatoms. The van der Waals surface area contributed by atoms with Gasteiger partial charge in [-0.15, -0.1) is 0 Å². The Labute approximate surface area is 214 Å². The van der Waals surface area contributed by atoms with Crippen molar-refractivity contribution in [2.24, 2.45) is 17.3 Å². The lowest BCUT2D eigenvalue weighted by atomic mass is 9.55. The van der Waals surface area contributed by atoms with Gasteiger partial charge in [0.1, 0.15) is 36.3 Å². The van der Waals surface area contributed by atoms with E-state index in [1.165, 1.54) is 23.1 Å². The Morgan fingerprint density at radius 1 is 0.861 bits per heavy atom. The third-order valence-electron chi connectivity index (χ3n) is 10.3. The summed E-state index contributed by atoms with van der Waals surface area (Å²) in [7, 11) is 0. The molecule has 0 radical (unpaired) electrons. The number of fused-ring (bicyclic) bond motifs is 6. The highest BCUT2D eigenvalue weighted by molar-refractivity contribution is 5.87. The average Bonchev–Trinajstić information content (AvgIpc) is 3.53. The van der Waals surface area contributed by atoms with Crippen molar-refractivity contribution in [1.82, 2.24) is 0 Å². The van der Waals surface area contributed by atoms with E-state index < -0.39 is 11.6 Å². The number of carbonyl (C=O) groups is 1. The Kier molecular flexibility index (Phi) is 5.19. The second-order valence-corrected chi connectivity index (χ2v) is 13.2. The molecule has 3 aliphatic carbocycles. The van der Waals surface area contributed by atoms with Crippen molar-refractivity contribution in [2.45, 2.75) is 121 Å². The zero-order valence-electron chi connectivity index (χ0n) is 22.3. The summed E-state index contributed by atoms with van der Waals surface area (Å²) in [5.74, 6) is 1.02. The Morgan fingerprint density at radius 2 is 1.67 bits per heavy atom. The van der Waals surface area contributed by atoms with E-state index in [4.69, 9.17) is 23.7 Å². The molecule has 0 spiro atoms. The van der Waals surface area contributed by atoms with E-state index in [0.29, 0.717) is 30.1 Å². The second-order valence-electron chi connectivity index (χ2n) is 13.2. The van der Waals surface area contributed by atoms with Crippen LogP contribution < -0.4 is 0 Å². The molecule has 0 bridgehead atoms. The minimum atomic E-state index is -0.653. The molecule has 6 nitrogen and oxygen atoms in total. The molecule has 3 saturated heterocycles. The maximum absolute atomic E-state index is 12.7. The number of Topliss-reactive ketones (excluding diaryl/α,β-unsaturated/α-hetero) is 1. The third kappa shape index (κ3) is 3.51. The van der Waals surface area contributed by atoms with Crippen LogP contribution in [0.2, 0.25) is 0 Å². The van der Waals surface area contributed by atoms with E-state index in [1.807, 2.05) is 27.7 Å². The molecule has 7 rings (SSSR count). The van der Waals surface area contributed by atoms with E-state index in [-0.39, 0.29) is 35.9 Å². The minimum Gasteiger partial charge on any atom is -0.362 e. The normalized spacial score (nSPS) is 46.3. The maximum atomic E-state index is 12.7. The fraction of sp³-hybridized carbons (Fsp3) is 0.767. The Bertz CT molecular complexity index is 1080. The van der Waals surface area contributed by atoms with Gasteiger partial charge < -0.3 is 23.7 Å². The van der Waals surface area contributed by atoms with Gasteiger partial charge in [-0.05, 0) is 94.2 Å². The van der Waals surface area contributed by atoms with Crippen molar-refractivity contribution in [1.29, 1.82) is 0 Å². The number of carbonyl (C=O) groups excluding carboxylic acids is 1. The molecule has 2 saturated carbocycles. The van der Waals surface area contributed by atoms with Gasteiger partial charge >= 0.3 is 0 Å². The molecule has 0 unspecified atom stereocenters. The smallest absolute Gasteiger partial charge is 0.164 e. The number of aryl methyl sites for hydroxylation is 1. The molecule has 0 amide bonds. The van der Waals surface area contributed by atoms with Crippen molar-refractivity contribution >= 4 is 5.78 Å². The van der Waals surface area contributed by atoms with Crippen LogP contribution in [-0.4, -0.2) is 48.4 Å². The molecule has 1 aromatic carbocycles. The quantitative estimate of drug-likeness (QED) is 0.559. The Hall–Kier alpha value is -1.31. The number of rotatable bonds is 2. The molecule has 196 valence electrons. The highest BCUT2D eigenvalue weighted by atomic mass is 16.8. The van der Waals surface area contributed by atoms with Crippen molar-refractivity contribution in [2.75, 3.05) is 6.61 Å². The zero-order valence-corrected chi connectivity index (χ0v) is 22.3. The van der Waals surface area contributed by atoms with Gasteiger partial charge in [-0.2, -0.15) is 0 Å². The molecule has 0 aromatic heterocycles. The van der Waals surface area contributed by atoms with Crippen LogP contribution in [0.5, 0.6) is 0 Å². The first-order valence-corrected chi connectivity index (χ1v) is 14.0. The van der Waals surface area contributed by atoms with Crippen LogP contribution in [0.3, 0.4) is 0 Å². The molecular formula is C30H40O6. The van der Waals surface area contributed by atoms with Gasteiger partial charge in [-0.3, -0.25) is 4.79 Å². The molecule has 3 heterocycles. The summed E-state index contributed by atoms with van der Waals surface area (Å²) >= 11 is 0. The Morgan fingerprint density at radius 3 is 2.44 bits per heavy atom. The lowest BCUT2D eigenvalue weighted by molar-refractivity contribution is -0.207. The molecular weight excluding hydrogens is 456 g/mol. The van der Waals surface area contributed by atoms with Gasteiger partial charge in [-0.1, -0.05) is 25.1 Å². The van der Waals surface area contributed by atoms with Crippen molar-refractivity contribution < 1.29 is 28.5 Å². The number of ether oxygens (including phenoxy) is 5. The van der Waals surface area contributed by atoms with Crippen molar-refractivity contribution in [3.05, 3.63) is 34.9 Å². The lowest BCUT2D eigenvalue weighted by Gasteiger charge is -2.48. The molecule has 6 aliphatic rings. The number of ketones is 1. The van der Waals surface area contributed by atoms with Crippen LogP contribution in [0.1, 0.15) is 95.4 Å². The largest absolute Gasteiger partial charge is 0.362 e. The van der Waals surface area contributed by atoms with Crippen LogP contribution in [0.4, 0.5) is 0 Å². The van der Waals surface area contributed by atoms with Gasteiger partial charge in [0, 0.05) is 11.8 Å². The van der Waals surface area contributed by atoms with E-state index in [1.54, 1.807) is 0 Å². The second kappa shape index (κ2) is 7.86. The zero-order chi connectivity index (χ0) is 25.0.